The number of piperidine rings is 1. The first kappa shape index (κ1) is 14.3. The number of anilines is 1. The van der Waals surface area contributed by atoms with Gasteiger partial charge in [0, 0.05) is 30.7 Å². The number of rotatable bonds is 5. The van der Waals surface area contributed by atoms with E-state index >= 15 is 0 Å². The third-order valence-corrected chi connectivity index (χ3v) is 4.36. The Labute approximate surface area is 127 Å². The van der Waals surface area contributed by atoms with Crippen LogP contribution >= 0.6 is 0 Å². The highest BCUT2D eigenvalue weighted by Gasteiger charge is 2.24. The minimum Gasteiger partial charge on any atom is -0.352 e. The molecular formula is C18H25N3. The molecule has 3 heteroatoms. The van der Waals surface area contributed by atoms with Crippen molar-refractivity contribution in [1.29, 1.82) is 0 Å². The molecule has 1 aliphatic heterocycles. The van der Waals surface area contributed by atoms with Crippen LogP contribution in [0.1, 0.15) is 32.6 Å². The Morgan fingerprint density at radius 1 is 1.24 bits per heavy atom. The molecule has 0 spiro atoms. The predicted octanol–water partition coefficient (Wildman–Crippen LogP) is 3.59. The van der Waals surface area contributed by atoms with Gasteiger partial charge in [0.05, 0.1) is 0 Å². The van der Waals surface area contributed by atoms with E-state index in [9.17, 15) is 0 Å². The molecule has 1 aromatic heterocycles. The van der Waals surface area contributed by atoms with Crippen molar-refractivity contribution in [1.82, 2.24) is 10.3 Å². The van der Waals surface area contributed by atoms with E-state index in [1.165, 1.54) is 36.5 Å². The number of pyridine rings is 1. The lowest BCUT2D eigenvalue weighted by Gasteiger charge is -2.37. The van der Waals surface area contributed by atoms with Gasteiger partial charge in [0.2, 0.25) is 0 Å². The molecule has 0 amide bonds. The van der Waals surface area contributed by atoms with Gasteiger partial charge >= 0.3 is 0 Å². The van der Waals surface area contributed by atoms with E-state index in [1.54, 1.807) is 0 Å². The summed E-state index contributed by atoms with van der Waals surface area (Å²) >= 11 is 0. The van der Waals surface area contributed by atoms with Gasteiger partial charge in [-0.1, -0.05) is 31.2 Å². The Bertz CT molecular complexity index is 576. The summed E-state index contributed by atoms with van der Waals surface area (Å²) < 4.78 is 0. The predicted molar refractivity (Wildman–Crippen MR) is 89.9 cm³/mol. The molecule has 1 atom stereocenters. The standard InChI is InChI=1S/C18H25N3/c1-2-11-19-14-16-8-5-6-13-21(16)18-17-9-4-3-7-15(17)10-12-20-18/h3-4,7,9-10,12,16,19H,2,5-6,8,11,13-14H2,1H3. The monoisotopic (exact) mass is 283 g/mol. The first-order valence-electron chi connectivity index (χ1n) is 8.21. The number of fused-ring (bicyclic) bond motifs is 1. The van der Waals surface area contributed by atoms with Crippen LogP contribution < -0.4 is 10.2 Å². The molecule has 2 heterocycles. The second kappa shape index (κ2) is 6.90. The summed E-state index contributed by atoms with van der Waals surface area (Å²) in [4.78, 5) is 7.23. The molecule has 0 radical (unpaired) electrons. The van der Waals surface area contributed by atoms with Gasteiger partial charge in [-0.25, -0.2) is 4.98 Å². The van der Waals surface area contributed by atoms with Gasteiger partial charge in [0.1, 0.15) is 5.82 Å². The topological polar surface area (TPSA) is 28.2 Å². The number of aromatic nitrogens is 1. The lowest BCUT2D eigenvalue weighted by Crippen LogP contribution is -2.46. The van der Waals surface area contributed by atoms with E-state index in [0.717, 1.165) is 25.5 Å². The normalized spacial score (nSPS) is 19.1. The fraction of sp³-hybridized carbons (Fsp3) is 0.500. The molecule has 0 aliphatic carbocycles. The third kappa shape index (κ3) is 3.18. The zero-order chi connectivity index (χ0) is 14.5. The molecule has 1 fully saturated rings. The zero-order valence-corrected chi connectivity index (χ0v) is 12.9. The highest BCUT2D eigenvalue weighted by Crippen LogP contribution is 2.29. The number of nitrogens with one attached hydrogen (secondary N) is 1. The SMILES string of the molecule is CCCNCC1CCCCN1c1nccc2ccccc12. The van der Waals surface area contributed by atoms with Crippen LogP contribution in [0.15, 0.2) is 36.5 Å². The summed E-state index contributed by atoms with van der Waals surface area (Å²) in [5.74, 6) is 1.16. The van der Waals surface area contributed by atoms with Crippen LogP contribution in [0.3, 0.4) is 0 Å². The first-order valence-corrected chi connectivity index (χ1v) is 8.21. The Morgan fingerprint density at radius 2 is 2.14 bits per heavy atom. The van der Waals surface area contributed by atoms with Crippen molar-refractivity contribution in [3.05, 3.63) is 36.5 Å². The number of hydrogen-bond donors (Lipinski definition) is 1. The van der Waals surface area contributed by atoms with E-state index in [2.05, 4.69) is 47.5 Å². The lowest BCUT2D eigenvalue weighted by atomic mass is 10.0. The Hall–Kier alpha value is -1.61. The van der Waals surface area contributed by atoms with E-state index in [1.807, 2.05) is 6.20 Å². The fourth-order valence-corrected chi connectivity index (χ4v) is 3.27. The Kier molecular flexibility index (Phi) is 4.71. The maximum Gasteiger partial charge on any atom is 0.136 e. The number of benzene rings is 1. The zero-order valence-electron chi connectivity index (χ0n) is 12.9. The van der Waals surface area contributed by atoms with Crippen molar-refractivity contribution in [2.45, 2.75) is 38.6 Å². The molecule has 112 valence electrons. The van der Waals surface area contributed by atoms with Crippen LogP contribution in [-0.4, -0.2) is 30.7 Å². The van der Waals surface area contributed by atoms with Crippen molar-refractivity contribution in [2.75, 3.05) is 24.5 Å². The Morgan fingerprint density at radius 3 is 3.05 bits per heavy atom. The van der Waals surface area contributed by atoms with E-state index < -0.39 is 0 Å². The van der Waals surface area contributed by atoms with E-state index in [4.69, 9.17) is 4.98 Å². The summed E-state index contributed by atoms with van der Waals surface area (Å²) in [7, 11) is 0. The molecule has 0 bridgehead atoms. The maximum absolute atomic E-state index is 4.71. The quantitative estimate of drug-likeness (QED) is 0.850. The van der Waals surface area contributed by atoms with Gasteiger partial charge in [-0.15, -0.1) is 0 Å². The lowest BCUT2D eigenvalue weighted by molar-refractivity contribution is 0.434. The van der Waals surface area contributed by atoms with Crippen LogP contribution in [0, 0.1) is 0 Å². The Balaban J connectivity index is 1.87. The first-order chi connectivity index (χ1) is 10.4. The molecule has 1 N–H and O–H groups in total. The molecule has 3 rings (SSSR count). The van der Waals surface area contributed by atoms with Crippen molar-refractivity contribution in [2.24, 2.45) is 0 Å². The highest BCUT2D eigenvalue weighted by atomic mass is 15.2. The van der Waals surface area contributed by atoms with E-state index in [0.29, 0.717) is 6.04 Å². The summed E-state index contributed by atoms with van der Waals surface area (Å²) in [5.41, 5.74) is 0. The van der Waals surface area contributed by atoms with Gasteiger partial charge in [0.25, 0.3) is 0 Å². The molecule has 2 aromatic rings. The summed E-state index contributed by atoms with van der Waals surface area (Å²) in [6, 6.07) is 11.3. The third-order valence-electron chi connectivity index (χ3n) is 4.36. The highest BCUT2D eigenvalue weighted by molar-refractivity contribution is 5.92. The van der Waals surface area contributed by atoms with Crippen LogP contribution in [0.25, 0.3) is 10.8 Å². The maximum atomic E-state index is 4.71. The van der Waals surface area contributed by atoms with Gasteiger partial charge in [-0.2, -0.15) is 0 Å². The van der Waals surface area contributed by atoms with Gasteiger partial charge < -0.3 is 10.2 Å². The van der Waals surface area contributed by atoms with Gasteiger partial charge in [0.15, 0.2) is 0 Å². The molecule has 1 aromatic carbocycles. The van der Waals surface area contributed by atoms with Crippen molar-refractivity contribution >= 4 is 16.6 Å². The molecule has 1 saturated heterocycles. The summed E-state index contributed by atoms with van der Waals surface area (Å²) in [5, 5.41) is 6.15. The average molecular weight is 283 g/mol. The fourth-order valence-electron chi connectivity index (χ4n) is 3.27. The second-order valence-corrected chi connectivity index (χ2v) is 5.90. The minimum absolute atomic E-state index is 0.573. The molecule has 0 saturated carbocycles. The van der Waals surface area contributed by atoms with Crippen LogP contribution in [0.4, 0.5) is 5.82 Å². The van der Waals surface area contributed by atoms with Crippen LogP contribution in [0.5, 0.6) is 0 Å². The molecular weight excluding hydrogens is 258 g/mol. The van der Waals surface area contributed by atoms with E-state index in [-0.39, 0.29) is 0 Å². The van der Waals surface area contributed by atoms with Gasteiger partial charge in [-0.05, 0) is 43.7 Å². The molecule has 21 heavy (non-hydrogen) atoms. The van der Waals surface area contributed by atoms with Gasteiger partial charge in [-0.3, -0.25) is 0 Å². The van der Waals surface area contributed by atoms with Crippen LogP contribution in [0.2, 0.25) is 0 Å². The average Bonchev–Trinajstić information content (AvgIpc) is 2.55. The minimum atomic E-state index is 0.573. The summed E-state index contributed by atoms with van der Waals surface area (Å²) in [6.45, 7) is 5.52. The molecule has 1 aliphatic rings. The van der Waals surface area contributed by atoms with Crippen molar-refractivity contribution in [3.8, 4) is 0 Å². The smallest absolute Gasteiger partial charge is 0.136 e. The second-order valence-electron chi connectivity index (χ2n) is 5.90. The molecule has 1 unspecified atom stereocenters. The van der Waals surface area contributed by atoms with Crippen molar-refractivity contribution in [3.63, 3.8) is 0 Å². The largest absolute Gasteiger partial charge is 0.352 e. The molecule has 3 nitrogen and oxygen atoms in total. The summed E-state index contributed by atoms with van der Waals surface area (Å²) in [6.07, 6.45) is 7.01. The number of nitrogens with zero attached hydrogens (tertiary/aromatic N) is 2. The number of hydrogen-bond acceptors (Lipinski definition) is 3. The van der Waals surface area contributed by atoms with Crippen LogP contribution in [-0.2, 0) is 0 Å². The van der Waals surface area contributed by atoms with Crippen molar-refractivity contribution < 1.29 is 0 Å².